The van der Waals surface area contributed by atoms with E-state index in [9.17, 15) is 18.3 Å². The predicted octanol–water partition coefficient (Wildman–Crippen LogP) is -0.817. The number of aliphatic hydroxyl groups excluding tert-OH is 1. The first kappa shape index (κ1) is 14.7. The molecule has 2 fully saturated rings. The molecule has 0 spiro atoms. The quantitative estimate of drug-likeness (QED) is 0.687. The van der Waals surface area contributed by atoms with E-state index in [1.165, 1.54) is 15.7 Å². The predicted molar refractivity (Wildman–Crippen MR) is 67.4 cm³/mol. The number of carbonyl (C=O) groups excluding carboxylic acids is 1. The Balaban J connectivity index is 1.95. The van der Waals surface area contributed by atoms with Gasteiger partial charge < -0.3 is 9.84 Å². The van der Waals surface area contributed by atoms with Crippen molar-refractivity contribution in [2.24, 2.45) is 5.92 Å². The lowest BCUT2D eigenvalue weighted by atomic mass is 9.99. The minimum Gasteiger partial charge on any atom is -0.469 e. The molecule has 0 aromatic rings. The average molecular weight is 292 g/mol. The molecule has 2 aliphatic rings. The first-order chi connectivity index (χ1) is 8.95. The zero-order valence-corrected chi connectivity index (χ0v) is 11.8. The lowest BCUT2D eigenvalue weighted by Crippen LogP contribution is -2.47. The Kier molecular flexibility index (Phi) is 4.44. The van der Waals surface area contributed by atoms with Gasteiger partial charge in [-0.25, -0.2) is 0 Å². The molecule has 1 N–H and O–H groups in total. The van der Waals surface area contributed by atoms with Crippen LogP contribution in [0.4, 0.5) is 0 Å². The van der Waals surface area contributed by atoms with Gasteiger partial charge in [-0.2, -0.15) is 17.0 Å². The standard InChI is InChI=1S/C11H20N2O5S/c1-18-11(15)9-2-5-12(6-3-9)19(16,17)13-7-4-10(14)8-13/h9-10,14H,2-8H2,1H3/t10-/m0/s1. The fourth-order valence-electron chi connectivity index (χ4n) is 2.57. The van der Waals surface area contributed by atoms with E-state index in [0.717, 1.165) is 0 Å². The van der Waals surface area contributed by atoms with Crippen LogP contribution in [0.15, 0.2) is 0 Å². The second-order valence-electron chi connectivity index (χ2n) is 5.00. The number of esters is 1. The molecule has 1 atom stereocenters. The van der Waals surface area contributed by atoms with Crippen molar-refractivity contribution >= 4 is 16.2 Å². The number of piperidine rings is 1. The summed E-state index contributed by atoms with van der Waals surface area (Å²) in [5.74, 6) is -0.478. The van der Waals surface area contributed by atoms with E-state index in [2.05, 4.69) is 4.74 Å². The normalized spacial score (nSPS) is 27.6. The van der Waals surface area contributed by atoms with Gasteiger partial charge >= 0.3 is 5.97 Å². The lowest BCUT2D eigenvalue weighted by Gasteiger charge is -2.32. The highest BCUT2D eigenvalue weighted by molar-refractivity contribution is 7.86. The number of carbonyl (C=O) groups is 1. The Hall–Kier alpha value is -0.700. The van der Waals surface area contributed by atoms with Crippen LogP contribution in [0.1, 0.15) is 19.3 Å². The minimum absolute atomic E-state index is 0.166. The SMILES string of the molecule is COC(=O)C1CCN(S(=O)(=O)N2CC[C@H](O)C2)CC1. The summed E-state index contributed by atoms with van der Waals surface area (Å²) in [7, 11) is -2.15. The van der Waals surface area contributed by atoms with Gasteiger partial charge in [0.2, 0.25) is 0 Å². The van der Waals surface area contributed by atoms with Crippen LogP contribution >= 0.6 is 0 Å². The fraction of sp³-hybridized carbons (Fsp3) is 0.909. The third-order valence-corrected chi connectivity index (χ3v) is 5.77. The van der Waals surface area contributed by atoms with Crippen molar-refractivity contribution in [3.8, 4) is 0 Å². The molecule has 8 heteroatoms. The highest BCUT2D eigenvalue weighted by Crippen LogP contribution is 2.24. The third-order valence-electron chi connectivity index (χ3n) is 3.77. The molecule has 2 saturated heterocycles. The van der Waals surface area contributed by atoms with E-state index < -0.39 is 16.3 Å². The Morgan fingerprint density at radius 2 is 1.74 bits per heavy atom. The summed E-state index contributed by atoms with van der Waals surface area (Å²) in [6.07, 6.45) is 0.894. The maximum absolute atomic E-state index is 12.3. The van der Waals surface area contributed by atoms with Crippen LogP contribution in [0.5, 0.6) is 0 Å². The van der Waals surface area contributed by atoms with Crippen molar-refractivity contribution in [3.05, 3.63) is 0 Å². The Bertz CT molecular complexity index is 430. The number of rotatable bonds is 3. The maximum Gasteiger partial charge on any atom is 0.308 e. The number of hydrogen-bond donors (Lipinski definition) is 1. The van der Waals surface area contributed by atoms with Crippen LogP contribution in [0.2, 0.25) is 0 Å². The first-order valence-corrected chi connectivity index (χ1v) is 7.86. The summed E-state index contributed by atoms with van der Waals surface area (Å²) in [6.45, 7) is 1.18. The Morgan fingerprint density at radius 3 is 2.21 bits per heavy atom. The summed E-state index contributed by atoms with van der Waals surface area (Å²) in [4.78, 5) is 11.4. The van der Waals surface area contributed by atoms with Crippen molar-refractivity contribution in [2.75, 3.05) is 33.3 Å². The van der Waals surface area contributed by atoms with Gasteiger partial charge in [-0.15, -0.1) is 0 Å². The second kappa shape index (κ2) is 5.74. The van der Waals surface area contributed by atoms with Gasteiger partial charge in [0.05, 0.1) is 19.1 Å². The number of methoxy groups -OCH3 is 1. The molecule has 2 aliphatic heterocycles. The Labute approximate surface area is 113 Å². The molecular formula is C11H20N2O5S. The zero-order valence-electron chi connectivity index (χ0n) is 11.0. The summed E-state index contributed by atoms with van der Waals surface area (Å²) in [5.41, 5.74) is 0. The van der Waals surface area contributed by atoms with Crippen LogP contribution < -0.4 is 0 Å². The molecule has 0 radical (unpaired) electrons. The van der Waals surface area contributed by atoms with Crippen LogP contribution in [-0.4, -0.2) is 67.5 Å². The zero-order chi connectivity index (χ0) is 14.0. The average Bonchev–Trinajstić information content (AvgIpc) is 2.85. The van der Waals surface area contributed by atoms with Crippen LogP contribution in [-0.2, 0) is 19.7 Å². The number of ether oxygens (including phenoxy) is 1. The molecule has 0 bridgehead atoms. The van der Waals surface area contributed by atoms with E-state index in [1.54, 1.807) is 0 Å². The van der Waals surface area contributed by atoms with Gasteiger partial charge in [0.15, 0.2) is 0 Å². The third kappa shape index (κ3) is 3.07. The second-order valence-corrected chi connectivity index (χ2v) is 6.93. The monoisotopic (exact) mass is 292 g/mol. The molecule has 0 saturated carbocycles. The van der Waals surface area contributed by atoms with Crippen LogP contribution in [0.25, 0.3) is 0 Å². The number of β-amino-alcohol motifs (C(OH)–C–C–N with tert-alkyl or cyclic N) is 1. The topological polar surface area (TPSA) is 87.2 Å². The minimum atomic E-state index is -3.50. The van der Waals surface area contributed by atoms with Crippen molar-refractivity contribution in [1.29, 1.82) is 0 Å². The molecule has 0 unspecified atom stereocenters. The van der Waals surface area contributed by atoms with Gasteiger partial charge in [0, 0.05) is 26.2 Å². The fourth-order valence-corrected chi connectivity index (χ4v) is 4.27. The van der Waals surface area contributed by atoms with E-state index in [0.29, 0.717) is 38.9 Å². The van der Waals surface area contributed by atoms with Gasteiger partial charge in [-0.1, -0.05) is 0 Å². The first-order valence-electron chi connectivity index (χ1n) is 6.46. The van der Waals surface area contributed by atoms with Crippen LogP contribution in [0.3, 0.4) is 0 Å². The number of hydrogen-bond acceptors (Lipinski definition) is 5. The van der Waals surface area contributed by atoms with Crippen LogP contribution in [0, 0.1) is 5.92 Å². The molecule has 19 heavy (non-hydrogen) atoms. The van der Waals surface area contributed by atoms with Gasteiger partial charge in [-0.05, 0) is 19.3 Å². The largest absolute Gasteiger partial charge is 0.469 e. The Morgan fingerprint density at radius 1 is 1.16 bits per heavy atom. The van der Waals surface area contributed by atoms with Crippen molar-refractivity contribution in [3.63, 3.8) is 0 Å². The molecule has 2 heterocycles. The molecule has 0 aromatic heterocycles. The molecular weight excluding hydrogens is 272 g/mol. The molecule has 2 rings (SSSR count). The number of nitrogens with zero attached hydrogens (tertiary/aromatic N) is 2. The van der Waals surface area contributed by atoms with Crippen molar-refractivity contribution < 1.29 is 23.1 Å². The molecule has 0 aliphatic carbocycles. The highest BCUT2D eigenvalue weighted by atomic mass is 32.2. The van der Waals surface area contributed by atoms with Gasteiger partial charge in [0.1, 0.15) is 0 Å². The molecule has 7 nitrogen and oxygen atoms in total. The molecule has 0 amide bonds. The van der Waals surface area contributed by atoms with E-state index >= 15 is 0 Å². The summed E-state index contributed by atoms with van der Waals surface area (Å²) in [5, 5.41) is 9.42. The summed E-state index contributed by atoms with van der Waals surface area (Å²) >= 11 is 0. The van der Waals surface area contributed by atoms with E-state index in [-0.39, 0.29) is 18.4 Å². The van der Waals surface area contributed by atoms with Crippen molar-refractivity contribution in [2.45, 2.75) is 25.4 Å². The lowest BCUT2D eigenvalue weighted by molar-refractivity contribution is -0.146. The number of aliphatic hydroxyl groups is 1. The smallest absolute Gasteiger partial charge is 0.308 e. The summed E-state index contributed by atoms with van der Waals surface area (Å²) < 4.78 is 32.0. The maximum atomic E-state index is 12.3. The van der Waals surface area contributed by atoms with E-state index in [4.69, 9.17) is 0 Å². The summed E-state index contributed by atoms with van der Waals surface area (Å²) in [6, 6.07) is 0. The van der Waals surface area contributed by atoms with E-state index in [1.807, 2.05) is 0 Å². The molecule has 0 aromatic carbocycles. The van der Waals surface area contributed by atoms with Gasteiger partial charge in [-0.3, -0.25) is 4.79 Å². The molecule has 110 valence electrons. The van der Waals surface area contributed by atoms with Crippen molar-refractivity contribution in [1.82, 2.24) is 8.61 Å². The van der Waals surface area contributed by atoms with Gasteiger partial charge in [0.25, 0.3) is 10.2 Å². The highest BCUT2D eigenvalue weighted by Gasteiger charge is 2.37.